The van der Waals surface area contributed by atoms with Gasteiger partial charge in [0.25, 0.3) is 15.9 Å². The maximum Gasteiger partial charge on any atom is 0.454 e. The Morgan fingerprint density at radius 1 is 1.27 bits per heavy atom. The summed E-state index contributed by atoms with van der Waals surface area (Å²) in [5.74, 6) is -0.792. The van der Waals surface area contributed by atoms with Crippen LogP contribution in [0.15, 0.2) is 39.5 Å². The van der Waals surface area contributed by atoms with Crippen molar-refractivity contribution in [3.63, 3.8) is 0 Å². The Bertz CT molecular complexity index is 1390. The van der Waals surface area contributed by atoms with Crippen molar-refractivity contribution >= 4 is 54.3 Å². The van der Waals surface area contributed by atoms with E-state index >= 15 is 0 Å². The van der Waals surface area contributed by atoms with E-state index in [4.69, 9.17) is 15.8 Å². The summed E-state index contributed by atoms with van der Waals surface area (Å²) in [5, 5.41) is 12.1. The van der Waals surface area contributed by atoms with Crippen LogP contribution in [0.1, 0.15) is 42.8 Å². The summed E-state index contributed by atoms with van der Waals surface area (Å²) >= 11 is 7.42. The predicted octanol–water partition coefficient (Wildman–Crippen LogP) is 5.39. The Balaban J connectivity index is 1.50. The molecular formula is C22H24ClF3N4O4S3. The summed E-state index contributed by atoms with van der Waals surface area (Å²) in [6.45, 7) is 5.05. The van der Waals surface area contributed by atoms with Gasteiger partial charge in [0.15, 0.2) is 0 Å². The maximum atomic E-state index is 13.9. The lowest BCUT2D eigenvalue weighted by molar-refractivity contribution is -0.117. The Morgan fingerprint density at radius 2 is 1.95 bits per heavy atom. The molecule has 2 atom stereocenters. The Kier molecular flexibility index (Phi) is 7.70. The Morgan fingerprint density at radius 3 is 2.54 bits per heavy atom. The number of rotatable bonds is 8. The van der Waals surface area contributed by atoms with Gasteiger partial charge in [-0.15, -0.1) is 10.2 Å². The molecule has 0 saturated carbocycles. The number of hydrogen-bond donors (Lipinski definition) is 2. The quantitative estimate of drug-likeness (QED) is 0.423. The van der Waals surface area contributed by atoms with E-state index in [1.807, 2.05) is 13.8 Å². The van der Waals surface area contributed by atoms with Crippen LogP contribution in [-0.2, 0) is 31.8 Å². The molecule has 2 N–H and O–H groups in total. The fourth-order valence-electron chi connectivity index (χ4n) is 4.05. The number of nitrogens with zero attached hydrogens (tertiary/aromatic N) is 2. The van der Waals surface area contributed by atoms with E-state index in [1.54, 1.807) is 0 Å². The van der Waals surface area contributed by atoms with Crippen molar-refractivity contribution in [2.75, 3.05) is 11.3 Å². The number of halogens is 4. The minimum atomic E-state index is -4.75. The molecule has 1 aromatic carbocycles. The number of allylic oxidation sites excluding steroid dienone is 2. The minimum Gasteiger partial charge on any atom is -0.348 e. The standard InChI is InChI=1S/C22H24ClF3N4O4S3/c1-4-34-36(22(24,25)26)7-5-6-17(36)19(31)27-15-8-13-10-16(23)18(11-14(13)9-15)37(32,33)30-21-29-28-20(35-21)12(2)3/h5-7,10-12,15H,4,8-9H2,1-3H3,(H,27,31)(H,29,30). The summed E-state index contributed by atoms with van der Waals surface area (Å²) in [6, 6.07) is 2.37. The molecule has 202 valence electrons. The molecule has 0 bridgehead atoms. The van der Waals surface area contributed by atoms with Crippen molar-refractivity contribution in [3.8, 4) is 0 Å². The van der Waals surface area contributed by atoms with Crippen LogP contribution in [0.25, 0.3) is 0 Å². The number of carbonyl (C=O) groups is 1. The van der Waals surface area contributed by atoms with Crippen LogP contribution in [0.2, 0.25) is 5.02 Å². The Labute approximate surface area is 222 Å². The van der Waals surface area contributed by atoms with Crippen LogP contribution >= 0.6 is 33.2 Å². The molecule has 2 unspecified atom stereocenters. The lowest BCUT2D eigenvalue weighted by atomic mass is 10.1. The topological polar surface area (TPSA) is 110 Å². The molecule has 15 heteroatoms. The lowest BCUT2D eigenvalue weighted by Gasteiger charge is -2.37. The predicted molar refractivity (Wildman–Crippen MR) is 138 cm³/mol. The number of carbonyl (C=O) groups excluding carboxylic acids is 1. The minimum absolute atomic E-state index is 0.0218. The summed E-state index contributed by atoms with van der Waals surface area (Å²) in [6.07, 6.45) is 2.82. The molecule has 0 radical (unpaired) electrons. The first-order valence-corrected chi connectivity index (χ1v) is 15.5. The zero-order chi connectivity index (χ0) is 27.2. The molecular weight excluding hydrogens is 573 g/mol. The number of nitrogens with one attached hydrogen (secondary N) is 2. The van der Waals surface area contributed by atoms with E-state index in [0.29, 0.717) is 16.1 Å². The van der Waals surface area contributed by atoms with Crippen molar-refractivity contribution in [2.45, 2.75) is 56.0 Å². The van der Waals surface area contributed by atoms with Gasteiger partial charge >= 0.3 is 5.51 Å². The molecule has 1 amide bonds. The number of sulfonamides is 1. The SMILES string of the molecule is CCOS1(C(F)(F)F)C=CC=C1C(=O)NC1Cc2cc(Cl)c(S(=O)(=O)Nc3nnc(C(C)C)s3)cc2C1. The van der Waals surface area contributed by atoms with Gasteiger partial charge in [0, 0.05) is 22.3 Å². The third-order valence-corrected chi connectivity index (χ3v) is 11.6. The van der Waals surface area contributed by atoms with Gasteiger partial charge in [-0.1, -0.05) is 42.9 Å². The van der Waals surface area contributed by atoms with Gasteiger partial charge in [-0.25, -0.2) is 8.42 Å². The van der Waals surface area contributed by atoms with E-state index in [9.17, 15) is 26.4 Å². The van der Waals surface area contributed by atoms with Crippen LogP contribution in [0.3, 0.4) is 0 Å². The zero-order valence-electron chi connectivity index (χ0n) is 19.9. The van der Waals surface area contributed by atoms with E-state index < -0.39 is 42.7 Å². The average Bonchev–Trinajstić information content (AvgIpc) is 3.51. The summed E-state index contributed by atoms with van der Waals surface area (Å²) < 4.78 is 75.2. The van der Waals surface area contributed by atoms with Gasteiger partial charge in [0.05, 0.1) is 16.5 Å². The van der Waals surface area contributed by atoms with Crippen molar-refractivity contribution in [1.82, 2.24) is 15.5 Å². The largest absolute Gasteiger partial charge is 0.454 e. The molecule has 37 heavy (non-hydrogen) atoms. The molecule has 0 spiro atoms. The fourth-order valence-corrected chi connectivity index (χ4v) is 8.80. The number of amides is 1. The first-order chi connectivity index (χ1) is 17.3. The molecule has 1 aliphatic carbocycles. The number of anilines is 1. The average molecular weight is 597 g/mol. The molecule has 8 nitrogen and oxygen atoms in total. The number of benzene rings is 1. The third kappa shape index (κ3) is 5.39. The van der Waals surface area contributed by atoms with Crippen LogP contribution in [-0.4, -0.2) is 42.7 Å². The number of alkyl halides is 3. The molecule has 4 rings (SSSR count). The van der Waals surface area contributed by atoms with Crippen molar-refractivity contribution in [2.24, 2.45) is 0 Å². The zero-order valence-corrected chi connectivity index (χ0v) is 23.1. The highest BCUT2D eigenvalue weighted by Crippen LogP contribution is 2.71. The highest BCUT2D eigenvalue weighted by Gasteiger charge is 2.55. The van der Waals surface area contributed by atoms with E-state index in [1.165, 1.54) is 25.1 Å². The molecule has 0 saturated heterocycles. The van der Waals surface area contributed by atoms with Gasteiger partial charge in [-0.05, 0) is 54.5 Å². The molecule has 1 aliphatic heterocycles. The van der Waals surface area contributed by atoms with Crippen molar-refractivity contribution in [3.05, 3.63) is 55.8 Å². The van der Waals surface area contributed by atoms with Crippen LogP contribution < -0.4 is 10.0 Å². The van der Waals surface area contributed by atoms with E-state index in [0.717, 1.165) is 22.8 Å². The summed E-state index contributed by atoms with van der Waals surface area (Å²) in [7, 11) is -7.98. The fraction of sp³-hybridized carbons (Fsp3) is 0.409. The van der Waals surface area contributed by atoms with Gasteiger partial charge in [-0.3, -0.25) is 9.52 Å². The highest BCUT2D eigenvalue weighted by atomic mass is 35.5. The summed E-state index contributed by atoms with van der Waals surface area (Å²) in [4.78, 5) is 12.3. The van der Waals surface area contributed by atoms with Crippen molar-refractivity contribution in [1.29, 1.82) is 0 Å². The third-order valence-electron chi connectivity index (χ3n) is 5.68. The first-order valence-electron chi connectivity index (χ1n) is 11.2. The van der Waals surface area contributed by atoms with Gasteiger partial charge in [-0.2, -0.15) is 13.2 Å². The smallest absolute Gasteiger partial charge is 0.348 e. The van der Waals surface area contributed by atoms with Crippen molar-refractivity contribution < 1.29 is 30.6 Å². The number of aromatic nitrogens is 2. The molecule has 1 aromatic heterocycles. The monoisotopic (exact) mass is 596 g/mol. The van der Waals surface area contributed by atoms with Crippen LogP contribution in [0.4, 0.5) is 18.3 Å². The molecule has 2 heterocycles. The molecule has 2 aromatic rings. The maximum absolute atomic E-state index is 13.9. The first kappa shape index (κ1) is 27.9. The Hall–Kier alpha value is -2.13. The second-order valence-electron chi connectivity index (χ2n) is 8.65. The normalized spacial score (nSPS) is 23.0. The van der Waals surface area contributed by atoms with E-state index in [-0.39, 0.29) is 40.4 Å². The molecule has 0 fully saturated rings. The van der Waals surface area contributed by atoms with Gasteiger partial charge in [0.1, 0.15) is 9.90 Å². The van der Waals surface area contributed by atoms with Gasteiger partial charge < -0.3 is 9.50 Å². The van der Waals surface area contributed by atoms with Crippen LogP contribution in [0.5, 0.6) is 0 Å². The van der Waals surface area contributed by atoms with E-state index in [2.05, 4.69) is 20.2 Å². The highest BCUT2D eigenvalue weighted by molar-refractivity contribution is 8.36. The van der Waals surface area contributed by atoms with Crippen LogP contribution in [0, 0.1) is 0 Å². The number of hydrogen-bond acceptors (Lipinski definition) is 7. The summed E-state index contributed by atoms with van der Waals surface area (Å²) in [5.41, 5.74) is -3.43. The molecule has 2 aliphatic rings. The second-order valence-corrected chi connectivity index (χ2v) is 14.3. The number of fused-ring (bicyclic) bond motifs is 1. The second kappa shape index (κ2) is 10.2. The lowest BCUT2D eigenvalue weighted by Crippen LogP contribution is -2.38. The van der Waals surface area contributed by atoms with Gasteiger partial charge in [0.2, 0.25) is 5.13 Å².